The van der Waals surface area contributed by atoms with E-state index in [0.717, 1.165) is 25.2 Å². The zero-order valence-electron chi connectivity index (χ0n) is 9.88. The molecule has 0 aliphatic rings. The van der Waals surface area contributed by atoms with Crippen LogP contribution in [0.5, 0.6) is 5.75 Å². The van der Waals surface area contributed by atoms with Crippen LogP contribution in [0.1, 0.15) is 0 Å². The highest BCUT2D eigenvalue weighted by molar-refractivity contribution is 9.10. The predicted molar refractivity (Wildman–Crippen MR) is 81.7 cm³/mol. The molecule has 2 aromatic carbocycles. The standard InChI is InChI=1S/C15H10BrNOS/c16-14-6-2-5-13-12(14)7-8-17-15(13)19-11-4-1-3-10(18)9-11/h1-9,18H. The first-order valence-corrected chi connectivity index (χ1v) is 7.35. The second-order valence-electron chi connectivity index (χ2n) is 4.05. The van der Waals surface area contributed by atoms with Gasteiger partial charge in [-0.15, -0.1) is 0 Å². The highest BCUT2D eigenvalue weighted by atomic mass is 79.9. The number of phenols is 1. The zero-order valence-corrected chi connectivity index (χ0v) is 12.3. The fraction of sp³-hybridized carbons (Fsp3) is 0. The van der Waals surface area contributed by atoms with Gasteiger partial charge in [-0.1, -0.05) is 45.9 Å². The van der Waals surface area contributed by atoms with Crippen molar-refractivity contribution >= 4 is 38.5 Å². The number of rotatable bonds is 2. The number of hydrogen-bond acceptors (Lipinski definition) is 3. The molecule has 0 saturated heterocycles. The minimum atomic E-state index is 0.270. The van der Waals surface area contributed by atoms with E-state index >= 15 is 0 Å². The fourth-order valence-corrected chi connectivity index (χ4v) is 3.33. The normalized spacial score (nSPS) is 10.8. The van der Waals surface area contributed by atoms with E-state index in [0.29, 0.717) is 0 Å². The number of aromatic hydroxyl groups is 1. The quantitative estimate of drug-likeness (QED) is 0.728. The van der Waals surface area contributed by atoms with Crippen LogP contribution in [0.4, 0.5) is 0 Å². The number of nitrogens with zero attached hydrogens (tertiary/aromatic N) is 1. The lowest BCUT2D eigenvalue weighted by Crippen LogP contribution is -1.84. The maximum Gasteiger partial charge on any atom is 0.116 e. The Balaban J connectivity index is 2.08. The first-order chi connectivity index (χ1) is 9.24. The number of halogens is 1. The number of fused-ring (bicyclic) bond motifs is 1. The molecule has 0 radical (unpaired) electrons. The van der Waals surface area contributed by atoms with Crippen LogP contribution in [0.15, 0.2) is 69.1 Å². The molecule has 0 aliphatic heterocycles. The van der Waals surface area contributed by atoms with Crippen LogP contribution in [-0.4, -0.2) is 10.1 Å². The largest absolute Gasteiger partial charge is 0.508 e. The van der Waals surface area contributed by atoms with Gasteiger partial charge in [0.15, 0.2) is 0 Å². The van der Waals surface area contributed by atoms with Crippen LogP contribution in [0.2, 0.25) is 0 Å². The number of benzene rings is 2. The van der Waals surface area contributed by atoms with E-state index in [1.165, 1.54) is 0 Å². The van der Waals surface area contributed by atoms with Crippen molar-refractivity contribution in [2.45, 2.75) is 9.92 Å². The van der Waals surface area contributed by atoms with Gasteiger partial charge < -0.3 is 5.11 Å². The molecule has 94 valence electrons. The molecule has 1 aromatic heterocycles. The van der Waals surface area contributed by atoms with Crippen molar-refractivity contribution in [3.8, 4) is 5.75 Å². The summed E-state index contributed by atoms with van der Waals surface area (Å²) in [5, 5.41) is 12.7. The molecule has 0 aliphatic carbocycles. The fourth-order valence-electron chi connectivity index (χ4n) is 1.88. The number of phenolic OH excluding ortho intramolecular Hbond substituents is 1. The zero-order chi connectivity index (χ0) is 13.2. The lowest BCUT2D eigenvalue weighted by atomic mass is 10.2. The van der Waals surface area contributed by atoms with Crippen molar-refractivity contribution in [1.82, 2.24) is 4.98 Å². The van der Waals surface area contributed by atoms with E-state index < -0.39 is 0 Å². The lowest BCUT2D eigenvalue weighted by Gasteiger charge is -2.06. The van der Waals surface area contributed by atoms with Gasteiger partial charge in [0.2, 0.25) is 0 Å². The Morgan fingerprint density at radius 2 is 1.84 bits per heavy atom. The molecule has 3 aromatic rings. The Kier molecular flexibility index (Phi) is 3.44. The summed E-state index contributed by atoms with van der Waals surface area (Å²) in [6, 6.07) is 15.3. The molecule has 0 spiro atoms. The third-order valence-electron chi connectivity index (χ3n) is 2.75. The Morgan fingerprint density at radius 1 is 1.00 bits per heavy atom. The summed E-state index contributed by atoms with van der Waals surface area (Å²) in [6.07, 6.45) is 1.80. The van der Waals surface area contributed by atoms with Crippen molar-refractivity contribution in [2.75, 3.05) is 0 Å². The average Bonchev–Trinajstić information content (AvgIpc) is 2.40. The molecule has 2 nitrogen and oxygen atoms in total. The summed E-state index contributed by atoms with van der Waals surface area (Å²) in [5.74, 6) is 0.270. The molecule has 3 rings (SSSR count). The van der Waals surface area contributed by atoms with Crippen molar-refractivity contribution in [3.63, 3.8) is 0 Å². The molecule has 0 fully saturated rings. The third-order valence-corrected chi connectivity index (χ3v) is 4.45. The molecule has 19 heavy (non-hydrogen) atoms. The minimum Gasteiger partial charge on any atom is -0.508 e. The van der Waals surface area contributed by atoms with Crippen molar-refractivity contribution in [2.24, 2.45) is 0 Å². The summed E-state index contributed by atoms with van der Waals surface area (Å²) in [5.41, 5.74) is 0. The van der Waals surface area contributed by atoms with Gasteiger partial charge in [-0.05, 0) is 30.3 Å². The van der Waals surface area contributed by atoms with Crippen LogP contribution in [0.25, 0.3) is 10.8 Å². The Labute approximate surface area is 123 Å². The van der Waals surface area contributed by atoms with E-state index in [1.54, 1.807) is 30.1 Å². The summed E-state index contributed by atoms with van der Waals surface area (Å²) >= 11 is 5.10. The molecule has 0 saturated carbocycles. The van der Waals surface area contributed by atoms with Crippen LogP contribution in [0.3, 0.4) is 0 Å². The Bertz CT molecular complexity index is 745. The van der Waals surface area contributed by atoms with Gasteiger partial charge in [0, 0.05) is 26.3 Å². The maximum atomic E-state index is 9.51. The van der Waals surface area contributed by atoms with E-state index in [-0.39, 0.29) is 5.75 Å². The van der Waals surface area contributed by atoms with Crippen LogP contribution in [-0.2, 0) is 0 Å². The molecular formula is C15H10BrNOS. The molecular weight excluding hydrogens is 322 g/mol. The first kappa shape index (κ1) is 12.5. The summed E-state index contributed by atoms with van der Waals surface area (Å²) in [4.78, 5) is 5.41. The maximum absolute atomic E-state index is 9.51. The van der Waals surface area contributed by atoms with Gasteiger partial charge in [-0.2, -0.15) is 0 Å². The number of pyridine rings is 1. The van der Waals surface area contributed by atoms with Crippen LogP contribution < -0.4 is 0 Å². The van der Waals surface area contributed by atoms with Gasteiger partial charge in [-0.25, -0.2) is 4.98 Å². The average molecular weight is 332 g/mol. The lowest BCUT2D eigenvalue weighted by molar-refractivity contribution is 0.474. The van der Waals surface area contributed by atoms with E-state index in [2.05, 4.69) is 27.0 Å². The van der Waals surface area contributed by atoms with Gasteiger partial charge in [0.25, 0.3) is 0 Å². The Morgan fingerprint density at radius 3 is 2.68 bits per heavy atom. The van der Waals surface area contributed by atoms with E-state index in [9.17, 15) is 5.11 Å². The summed E-state index contributed by atoms with van der Waals surface area (Å²) < 4.78 is 1.06. The van der Waals surface area contributed by atoms with E-state index in [1.807, 2.05) is 30.3 Å². The number of aromatic nitrogens is 1. The highest BCUT2D eigenvalue weighted by Gasteiger charge is 2.06. The van der Waals surface area contributed by atoms with Crippen LogP contribution >= 0.6 is 27.7 Å². The predicted octanol–water partition coefficient (Wildman–Crippen LogP) is 4.85. The highest BCUT2D eigenvalue weighted by Crippen LogP contribution is 2.35. The number of hydrogen-bond donors (Lipinski definition) is 1. The molecule has 0 amide bonds. The van der Waals surface area contributed by atoms with Crippen molar-refractivity contribution in [3.05, 3.63) is 59.2 Å². The SMILES string of the molecule is Oc1cccc(Sc2nccc3c(Br)cccc23)c1. The third kappa shape index (κ3) is 2.60. The molecule has 0 bridgehead atoms. The summed E-state index contributed by atoms with van der Waals surface area (Å²) in [7, 11) is 0. The molecule has 4 heteroatoms. The summed E-state index contributed by atoms with van der Waals surface area (Å²) in [6.45, 7) is 0. The smallest absolute Gasteiger partial charge is 0.116 e. The molecule has 0 unspecified atom stereocenters. The molecule has 1 heterocycles. The van der Waals surface area contributed by atoms with Gasteiger partial charge in [0.1, 0.15) is 10.8 Å². The topological polar surface area (TPSA) is 33.1 Å². The minimum absolute atomic E-state index is 0.270. The van der Waals surface area contributed by atoms with Crippen molar-refractivity contribution in [1.29, 1.82) is 0 Å². The van der Waals surface area contributed by atoms with Gasteiger partial charge in [-0.3, -0.25) is 0 Å². The monoisotopic (exact) mass is 331 g/mol. The second-order valence-corrected chi connectivity index (χ2v) is 5.97. The molecule has 0 atom stereocenters. The molecule has 1 N–H and O–H groups in total. The Hall–Kier alpha value is -1.52. The van der Waals surface area contributed by atoms with Gasteiger partial charge >= 0.3 is 0 Å². The van der Waals surface area contributed by atoms with E-state index in [4.69, 9.17) is 0 Å². The first-order valence-electron chi connectivity index (χ1n) is 5.74. The van der Waals surface area contributed by atoms with Crippen LogP contribution in [0, 0.1) is 0 Å². The van der Waals surface area contributed by atoms with Crippen molar-refractivity contribution < 1.29 is 5.11 Å². The van der Waals surface area contributed by atoms with Gasteiger partial charge in [0.05, 0.1) is 0 Å². The second kappa shape index (κ2) is 5.23.